The third-order valence-electron chi connectivity index (χ3n) is 14.1. The molecule has 0 aliphatic carbocycles. The Morgan fingerprint density at radius 2 is 0.812 bits per heavy atom. The van der Waals surface area contributed by atoms with Crippen LogP contribution < -0.4 is 86.0 Å². The minimum atomic E-state index is -5.69. The molecule has 0 bridgehead atoms. The summed E-state index contributed by atoms with van der Waals surface area (Å²) in [4.78, 5) is 132. The fraction of sp³-hybridized carbons (Fsp3) is 0.450. The van der Waals surface area contributed by atoms with Crippen LogP contribution in [0.3, 0.4) is 0 Å². The Morgan fingerprint density at radius 1 is 0.490 bits per heavy atom. The van der Waals surface area contributed by atoms with Crippen LogP contribution in [0, 0.1) is 0 Å². The average Bonchev–Trinajstić information content (AvgIpc) is 1.30. The van der Waals surface area contributed by atoms with E-state index in [1.807, 2.05) is 0 Å². The topological polar surface area (TPSA) is 722 Å². The molecular formula is C40H48MoN20O27P4S4. The van der Waals surface area contributed by atoms with Crippen LogP contribution in [-0.4, -0.2) is 179 Å². The van der Waals surface area contributed by atoms with Gasteiger partial charge in [0.25, 0.3) is 53.5 Å². The number of nitrogens with one attached hydrogen (secondary N) is 8. The first-order valence-electron chi connectivity index (χ1n) is 26.4. The number of anilines is 8. The average molecular weight is 1590 g/mol. The molecule has 12 heterocycles. The van der Waals surface area contributed by atoms with E-state index in [2.05, 4.69) is 139 Å². The van der Waals surface area contributed by atoms with Gasteiger partial charge in [-0.05, 0) is 0 Å². The summed E-state index contributed by atoms with van der Waals surface area (Å²) in [6.07, 6.45) is -15.1. The number of nitrogens with zero attached hydrogens (tertiary/aromatic N) is 8. The zero-order chi connectivity index (χ0) is 70.0. The zero-order valence-electron chi connectivity index (χ0n) is 47.1. The number of thiol groups is 4. The third kappa shape index (κ3) is 15.6. The van der Waals surface area contributed by atoms with Crippen molar-refractivity contribution in [2.45, 2.75) is 85.8 Å². The third-order valence-corrected chi connectivity index (χ3v) is 21.6. The Labute approximate surface area is 564 Å². The first kappa shape index (κ1) is 73.2. The van der Waals surface area contributed by atoms with Gasteiger partial charge >= 0.3 is 23.2 Å². The van der Waals surface area contributed by atoms with E-state index in [0.717, 1.165) is 21.8 Å². The van der Waals surface area contributed by atoms with Crippen LogP contribution >= 0.6 is 81.8 Å². The minimum absolute atomic E-state index is 0.0448. The molecule has 0 aromatic carbocycles. The van der Waals surface area contributed by atoms with Gasteiger partial charge in [-0.3, -0.25) is 66.5 Å². The molecule has 47 nitrogen and oxygen atoms in total. The number of fused-ring (bicyclic) bond motifs is 6. The van der Waals surface area contributed by atoms with Crippen LogP contribution in [0.4, 0.5) is 46.8 Å². The van der Waals surface area contributed by atoms with E-state index >= 15 is 0 Å². The van der Waals surface area contributed by atoms with Gasteiger partial charge in [0.1, 0.15) is 72.3 Å². The zero-order valence-corrected chi connectivity index (χ0v) is 56.3. The van der Waals surface area contributed by atoms with Crippen molar-refractivity contribution < 1.29 is 127 Å². The molecule has 0 radical (unpaired) electrons. The Morgan fingerprint density at radius 3 is 1.17 bits per heavy atom. The number of nitrogen functional groups attached to an aromatic ring is 4. The van der Waals surface area contributed by atoms with E-state index in [-0.39, 0.29) is 88.8 Å². The number of H-pyrrole nitrogens is 4. The van der Waals surface area contributed by atoms with E-state index in [1.54, 1.807) is 0 Å². The molecule has 2 fully saturated rings. The summed E-state index contributed by atoms with van der Waals surface area (Å²) in [6, 6.07) is -1.52. The fourth-order valence-corrected chi connectivity index (χ4v) is 15.1. The summed E-state index contributed by atoms with van der Waals surface area (Å²) < 4.78 is 110. The first-order valence-corrected chi connectivity index (χ1v) is 34.8. The summed E-state index contributed by atoms with van der Waals surface area (Å²) in [6.45, 7) is -3.68. The molecule has 520 valence electrons. The van der Waals surface area contributed by atoms with Crippen molar-refractivity contribution >= 4 is 151 Å². The number of hydrogen-bond acceptors (Lipinski definition) is 45. The Balaban J connectivity index is 0.000000204. The van der Waals surface area contributed by atoms with Crippen molar-refractivity contribution in [1.29, 1.82) is 0 Å². The molecule has 6 aromatic heterocycles. The molecule has 18 atom stereocenters. The van der Waals surface area contributed by atoms with Crippen LogP contribution in [0.15, 0.2) is 51.5 Å². The second kappa shape index (κ2) is 28.6. The molecule has 20 N–H and O–H groups in total. The molecule has 6 aliphatic rings. The molecule has 0 amide bonds. The van der Waals surface area contributed by atoms with Gasteiger partial charge in [0.15, 0.2) is 58.9 Å². The predicted molar refractivity (Wildman–Crippen MR) is 322 cm³/mol. The molecule has 0 spiro atoms. The standard InChI is InChI=1S/2C20H26N10O13P2S2.Mo.O/c2*21-19-26-13-7(15(33)28-19)24-6-12(47)11(46)5(41-17(6)25-13)2-40-45(37,38)43-44(35,36)39-1-4-9(31)10(32)18(42-4)30-3-23-8-14(30)27-20(22)29-16(8)34;;/h2*3-6,9-10,17-18,24,31-32,46-47H,1-2H2,(H,35,36)(H,37,38)(H3,22,27,29,34)(H4,21,25,26,28,33);;/q;;+4;/p-4/t2*4-,5-,6+,9-,10-,17-,18-;;/m11../s1. The van der Waals surface area contributed by atoms with Crippen molar-refractivity contribution in [1.82, 2.24) is 59.0 Å². The number of aliphatic hydroxyl groups excluding tert-OH is 4. The SMILES string of the molecule is Nc1nc2c(c(=O)[nH]1)N[C@H]1C(S)=C(S)[C@@H](COP(=O)([O-])OP(=O)([O-])OC[C@H]3O[C@@H](n4cnc5c(=O)[nH]c(N)nc54)[C@H](O)[C@@H]3O)O[C@H]1N2.Nc1nc2c(c(=O)[nH]1)N[C@H]1C(S)=C(S)[C@@H](COP(=O)([O-])OP(=O)([O-])OC[C@H]3O[C@@H](n4cnc5c(=O)[nH]c(N)nc54)[C@H](O)[C@@H]3O)O[C@H]1N2.[O]=[Mo+4]. The van der Waals surface area contributed by atoms with E-state index < -0.39 is 166 Å². The maximum absolute atomic E-state index is 12.4. The summed E-state index contributed by atoms with van der Waals surface area (Å²) in [7, 11) is -22.7. The van der Waals surface area contributed by atoms with Gasteiger partial charge in [0.05, 0.1) is 39.1 Å². The summed E-state index contributed by atoms with van der Waals surface area (Å²) in [5, 5.41) is 53.3. The second-order valence-corrected chi connectivity index (χ2v) is 28.1. The van der Waals surface area contributed by atoms with Gasteiger partial charge in [-0.15, -0.1) is 50.5 Å². The van der Waals surface area contributed by atoms with Gasteiger partial charge in [-0.2, -0.15) is 19.9 Å². The summed E-state index contributed by atoms with van der Waals surface area (Å²) in [5.74, 6) is -0.814. The molecule has 12 rings (SSSR count). The molecule has 0 saturated carbocycles. The van der Waals surface area contributed by atoms with Crippen LogP contribution in [0.25, 0.3) is 22.3 Å². The van der Waals surface area contributed by atoms with Crippen molar-refractivity contribution in [3.05, 3.63) is 73.7 Å². The van der Waals surface area contributed by atoms with Crippen LogP contribution in [0.5, 0.6) is 0 Å². The fourth-order valence-electron chi connectivity index (χ4n) is 9.81. The van der Waals surface area contributed by atoms with Crippen molar-refractivity contribution in [3.63, 3.8) is 0 Å². The van der Waals surface area contributed by atoms with Gasteiger partial charge in [-0.1, -0.05) is 0 Å². The van der Waals surface area contributed by atoms with Crippen LogP contribution in [0.2, 0.25) is 0 Å². The molecule has 6 aromatic rings. The molecule has 56 heteroatoms. The Bertz CT molecular complexity index is 4260. The van der Waals surface area contributed by atoms with Gasteiger partial charge in [0.2, 0.25) is 23.8 Å². The maximum atomic E-state index is 12.4. The first-order chi connectivity index (χ1) is 45.1. The molecule has 96 heavy (non-hydrogen) atoms. The monoisotopic (exact) mass is 1590 g/mol. The molecule has 2 saturated heterocycles. The number of hydrogen-bond donors (Lipinski definition) is 20. The number of nitrogens with two attached hydrogens (primary N) is 4. The number of aromatic amines is 4. The number of aromatic nitrogens is 12. The number of rotatable bonds is 18. The number of imidazole rings is 2. The molecule has 6 aliphatic heterocycles. The predicted octanol–water partition coefficient (Wildman–Crippen LogP) is -6.77. The Kier molecular flexibility index (Phi) is 21.8. The molecular weight excluding hydrogens is 1540 g/mol. The van der Waals surface area contributed by atoms with E-state index in [4.69, 9.17) is 54.3 Å². The second-order valence-electron chi connectivity index (χ2n) is 20.3. The van der Waals surface area contributed by atoms with E-state index in [9.17, 15) is 77.4 Å². The van der Waals surface area contributed by atoms with Crippen molar-refractivity contribution in [3.8, 4) is 0 Å². The molecule has 4 unspecified atom stereocenters. The summed E-state index contributed by atoms with van der Waals surface area (Å²) in [5.41, 5.74) is 19.3. The number of phosphoric ester groups is 4. The van der Waals surface area contributed by atoms with Crippen LogP contribution in [0.1, 0.15) is 12.5 Å². The normalized spacial score (nSPS) is 29.2. The number of aliphatic hydroxyl groups is 4. The van der Waals surface area contributed by atoms with Gasteiger partial charge in [0, 0.05) is 19.6 Å². The van der Waals surface area contributed by atoms with Gasteiger partial charge < -0.3 is 121 Å². The van der Waals surface area contributed by atoms with Crippen LogP contribution in [-0.2, 0) is 87.1 Å². The Hall–Kier alpha value is -5.57. The van der Waals surface area contributed by atoms with E-state index in [0.29, 0.717) is 19.8 Å². The van der Waals surface area contributed by atoms with Crippen molar-refractivity contribution in [2.75, 3.05) is 70.6 Å². The van der Waals surface area contributed by atoms with Gasteiger partial charge in [-0.25, -0.2) is 18.6 Å². The van der Waals surface area contributed by atoms with E-state index in [1.165, 1.54) is 0 Å². The quantitative estimate of drug-likeness (QED) is 0.0216. The number of ether oxygens (including phenoxy) is 4. The number of phosphoric acid groups is 4. The van der Waals surface area contributed by atoms with Crippen molar-refractivity contribution in [2.24, 2.45) is 0 Å². The summed E-state index contributed by atoms with van der Waals surface area (Å²) >= 11 is 18.1.